The third-order valence-corrected chi connectivity index (χ3v) is 4.12. The molecule has 0 aromatic heterocycles. The van der Waals surface area contributed by atoms with Gasteiger partial charge in [-0.3, -0.25) is 19.3 Å². The Balaban J connectivity index is 1.54. The molecular formula is C20H20N2O4. The number of rotatable bonds is 7. The second-order valence-corrected chi connectivity index (χ2v) is 5.89. The first-order valence-electron chi connectivity index (χ1n) is 8.58. The van der Waals surface area contributed by atoms with Crippen molar-refractivity contribution in [3.63, 3.8) is 0 Å². The summed E-state index contributed by atoms with van der Waals surface area (Å²) in [4.78, 5) is 37.9. The van der Waals surface area contributed by atoms with Gasteiger partial charge in [-0.2, -0.15) is 0 Å². The van der Waals surface area contributed by atoms with E-state index < -0.39 is 0 Å². The number of hydrogen-bond donors (Lipinski definition) is 1. The Morgan fingerprint density at radius 1 is 1.00 bits per heavy atom. The van der Waals surface area contributed by atoms with Crippen molar-refractivity contribution in [1.82, 2.24) is 4.90 Å². The molecule has 1 heterocycles. The molecule has 2 aromatic rings. The van der Waals surface area contributed by atoms with Crippen molar-refractivity contribution in [1.29, 1.82) is 0 Å². The molecule has 1 aliphatic heterocycles. The summed E-state index contributed by atoms with van der Waals surface area (Å²) in [6.45, 7) is 2.60. The maximum absolute atomic E-state index is 12.3. The summed E-state index contributed by atoms with van der Waals surface area (Å²) in [7, 11) is 0. The lowest BCUT2D eigenvalue weighted by molar-refractivity contribution is -0.116. The second kappa shape index (κ2) is 7.82. The summed E-state index contributed by atoms with van der Waals surface area (Å²) in [6, 6.07) is 14.0. The van der Waals surface area contributed by atoms with Crippen LogP contribution in [0.3, 0.4) is 0 Å². The molecule has 6 nitrogen and oxygen atoms in total. The van der Waals surface area contributed by atoms with Crippen LogP contribution in [0.1, 0.15) is 40.5 Å². The van der Waals surface area contributed by atoms with Gasteiger partial charge in [-0.15, -0.1) is 0 Å². The third-order valence-electron chi connectivity index (χ3n) is 4.12. The molecule has 0 radical (unpaired) electrons. The van der Waals surface area contributed by atoms with E-state index in [1.807, 2.05) is 19.1 Å². The molecule has 0 bridgehead atoms. The molecule has 1 N–H and O–H groups in total. The minimum absolute atomic E-state index is 0.186. The van der Waals surface area contributed by atoms with Gasteiger partial charge in [-0.05, 0) is 37.6 Å². The molecule has 1 aliphatic rings. The lowest BCUT2D eigenvalue weighted by atomic mass is 10.1. The van der Waals surface area contributed by atoms with Gasteiger partial charge in [0.2, 0.25) is 5.91 Å². The predicted molar refractivity (Wildman–Crippen MR) is 97.3 cm³/mol. The van der Waals surface area contributed by atoms with Crippen LogP contribution >= 0.6 is 0 Å². The molecule has 0 atom stereocenters. The molecule has 0 fully saturated rings. The van der Waals surface area contributed by atoms with Crippen LogP contribution < -0.4 is 10.1 Å². The molecule has 2 aromatic carbocycles. The molecule has 0 spiro atoms. The average molecular weight is 352 g/mol. The van der Waals surface area contributed by atoms with Gasteiger partial charge in [-0.25, -0.2) is 0 Å². The zero-order valence-corrected chi connectivity index (χ0v) is 14.5. The van der Waals surface area contributed by atoms with Gasteiger partial charge in [0.15, 0.2) is 0 Å². The molecular weight excluding hydrogens is 332 g/mol. The second-order valence-electron chi connectivity index (χ2n) is 5.89. The lowest BCUT2D eigenvalue weighted by Gasteiger charge is -2.14. The number of hydrogen-bond acceptors (Lipinski definition) is 4. The van der Waals surface area contributed by atoms with Gasteiger partial charge in [0.25, 0.3) is 11.8 Å². The highest BCUT2D eigenvalue weighted by atomic mass is 16.5. The van der Waals surface area contributed by atoms with Crippen LogP contribution in [0.15, 0.2) is 48.5 Å². The minimum atomic E-state index is -0.298. The Hall–Kier alpha value is -3.15. The Morgan fingerprint density at radius 3 is 2.27 bits per heavy atom. The zero-order chi connectivity index (χ0) is 18.5. The maximum atomic E-state index is 12.3. The summed E-state index contributed by atoms with van der Waals surface area (Å²) < 4.78 is 5.48. The number of carbonyl (C=O) groups excluding carboxylic acids is 3. The van der Waals surface area contributed by atoms with Gasteiger partial charge in [0.1, 0.15) is 5.75 Å². The average Bonchev–Trinajstić information content (AvgIpc) is 2.89. The molecule has 6 heteroatoms. The smallest absolute Gasteiger partial charge is 0.261 e. The molecule has 0 saturated carbocycles. The summed E-state index contributed by atoms with van der Waals surface area (Å²) in [5.41, 5.74) is 1.46. The van der Waals surface area contributed by atoms with E-state index in [4.69, 9.17) is 4.74 Å². The Bertz CT molecular complexity index is 812. The van der Waals surface area contributed by atoms with E-state index >= 15 is 0 Å². The van der Waals surface area contributed by atoms with Crippen LogP contribution in [0, 0.1) is 0 Å². The molecule has 134 valence electrons. The highest BCUT2D eigenvalue weighted by Gasteiger charge is 2.34. The van der Waals surface area contributed by atoms with Crippen molar-refractivity contribution < 1.29 is 19.1 Å². The molecule has 3 amide bonds. The van der Waals surface area contributed by atoms with Gasteiger partial charge < -0.3 is 10.1 Å². The topological polar surface area (TPSA) is 75.7 Å². The molecule has 3 rings (SSSR count). The number of amides is 3. The van der Waals surface area contributed by atoms with Crippen LogP contribution in [0.25, 0.3) is 0 Å². The summed E-state index contributed by atoms with van der Waals surface area (Å²) in [6.07, 6.45) is 0.599. The Morgan fingerprint density at radius 2 is 1.62 bits per heavy atom. The van der Waals surface area contributed by atoms with Crippen LogP contribution in [0.4, 0.5) is 5.69 Å². The zero-order valence-electron chi connectivity index (χ0n) is 14.5. The van der Waals surface area contributed by atoms with Crippen molar-refractivity contribution in [2.24, 2.45) is 0 Å². The lowest BCUT2D eigenvalue weighted by Crippen LogP contribution is -2.31. The number of nitrogens with one attached hydrogen (secondary N) is 1. The van der Waals surface area contributed by atoms with Gasteiger partial charge in [0, 0.05) is 13.0 Å². The largest absolute Gasteiger partial charge is 0.492 e. The normalized spacial score (nSPS) is 12.9. The highest BCUT2D eigenvalue weighted by Crippen LogP contribution is 2.25. The standard InChI is InChI=1S/C20H20N2O4/c1-2-26-17-11-6-5-10-16(17)21-18(23)12-7-13-22-19(24)14-8-3-4-9-15(14)20(22)25/h3-6,8-11H,2,7,12-13H2,1H3,(H,21,23). The fourth-order valence-electron chi connectivity index (χ4n) is 2.90. The summed E-state index contributed by atoms with van der Waals surface area (Å²) in [5, 5.41) is 2.81. The first-order chi connectivity index (χ1) is 12.6. The fraction of sp³-hybridized carbons (Fsp3) is 0.250. The Kier molecular flexibility index (Phi) is 5.31. The monoisotopic (exact) mass is 352 g/mol. The van der Waals surface area contributed by atoms with Crippen molar-refractivity contribution in [2.45, 2.75) is 19.8 Å². The third kappa shape index (κ3) is 3.59. The molecule has 0 saturated heterocycles. The van der Waals surface area contributed by atoms with E-state index in [0.717, 1.165) is 0 Å². The van der Waals surface area contributed by atoms with Crippen LogP contribution in [-0.2, 0) is 4.79 Å². The maximum Gasteiger partial charge on any atom is 0.261 e. The quantitative estimate of drug-likeness (QED) is 0.777. The number of benzene rings is 2. The fourth-order valence-corrected chi connectivity index (χ4v) is 2.90. The van der Waals surface area contributed by atoms with Crippen LogP contribution in [0.2, 0.25) is 0 Å². The number of ether oxygens (including phenoxy) is 1. The number of imide groups is 1. The predicted octanol–water partition coefficient (Wildman–Crippen LogP) is 3.10. The van der Waals surface area contributed by atoms with Crippen LogP contribution in [-0.4, -0.2) is 35.8 Å². The highest BCUT2D eigenvalue weighted by molar-refractivity contribution is 6.21. The summed E-state index contributed by atoms with van der Waals surface area (Å²) in [5.74, 6) is -0.169. The molecule has 26 heavy (non-hydrogen) atoms. The van der Waals surface area contributed by atoms with E-state index in [9.17, 15) is 14.4 Å². The van der Waals surface area contributed by atoms with Crippen molar-refractivity contribution in [2.75, 3.05) is 18.5 Å². The Labute approximate surface area is 151 Å². The number of nitrogens with zero attached hydrogens (tertiary/aromatic N) is 1. The first-order valence-corrected chi connectivity index (χ1v) is 8.58. The SMILES string of the molecule is CCOc1ccccc1NC(=O)CCCN1C(=O)c2ccccc2C1=O. The molecule has 0 aliphatic carbocycles. The van der Waals surface area contributed by atoms with Gasteiger partial charge in [-0.1, -0.05) is 24.3 Å². The first kappa shape index (κ1) is 17.7. The number of anilines is 1. The van der Waals surface area contributed by atoms with E-state index in [1.54, 1.807) is 36.4 Å². The van der Waals surface area contributed by atoms with E-state index in [0.29, 0.717) is 35.6 Å². The van der Waals surface area contributed by atoms with Gasteiger partial charge >= 0.3 is 0 Å². The van der Waals surface area contributed by atoms with Crippen molar-refractivity contribution in [3.05, 3.63) is 59.7 Å². The summed E-state index contributed by atoms with van der Waals surface area (Å²) >= 11 is 0. The minimum Gasteiger partial charge on any atom is -0.492 e. The van der Waals surface area contributed by atoms with Crippen molar-refractivity contribution >= 4 is 23.4 Å². The van der Waals surface area contributed by atoms with E-state index in [-0.39, 0.29) is 30.7 Å². The van der Waals surface area contributed by atoms with E-state index in [2.05, 4.69) is 5.32 Å². The number of fused-ring (bicyclic) bond motifs is 1. The van der Waals surface area contributed by atoms with Gasteiger partial charge in [0.05, 0.1) is 23.4 Å². The van der Waals surface area contributed by atoms with Crippen molar-refractivity contribution in [3.8, 4) is 5.75 Å². The molecule has 0 unspecified atom stereocenters. The van der Waals surface area contributed by atoms with E-state index in [1.165, 1.54) is 4.90 Å². The number of carbonyl (C=O) groups is 3. The van der Waals surface area contributed by atoms with Crippen LogP contribution in [0.5, 0.6) is 5.75 Å². The number of para-hydroxylation sites is 2.